The van der Waals surface area contributed by atoms with E-state index >= 15 is 0 Å². The van der Waals surface area contributed by atoms with Crippen molar-refractivity contribution in [3.05, 3.63) is 58.2 Å². The van der Waals surface area contributed by atoms with E-state index < -0.39 is 10.0 Å². The van der Waals surface area contributed by atoms with Gasteiger partial charge in [0.1, 0.15) is 5.69 Å². The van der Waals surface area contributed by atoms with Gasteiger partial charge in [-0.05, 0) is 24.3 Å². The Morgan fingerprint density at radius 2 is 1.80 bits per heavy atom. The zero-order valence-corrected chi connectivity index (χ0v) is 14.8. The van der Waals surface area contributed by atoms with Gasteiger partial charge in [-0.1, -0.05) is 35.3 Å². The zero-order valence-electron chi connectivity index (χ0n) is 12.5. The summed E-state index contributed by atoms with van der Waals surface area (Å²) in [6.45, 7) is -0.369. The molecule has 0 radical (unpaired) electrons. The van der Waals surface area contributed by atoms with Crippen LogP contribution in [0.15, 0.2) is 47.5 Å². The summed E-state index contributed by atoms with van der Waals surface area (Å²) in [4.78, 5) is -0.235. The smallest absolute Gasteiger partial charge is 0.268 e. The molecule has 2 aromatic carbocycles. The van der Waals surface area contributed by atoms with Gasteiger partial charge in [0, 0.05) is 17.1 Å². The molecule has 0 atom stereocenters. The van der Waals surface area contributed by atoms with Crippen LogP contribution in [0.25, 0.3) is 10.9 Å². The molecule has 0 saturated heterocycles. The molecule has 0 aliphatic heterocycles. The van der Waals surface area contributed by atoms with E-state index in [4.69, 9.17) is 23.2 Å². The number of halogens is 2. The first kappa shape index (κ1) is 18.0. The summed E-state index contributed by atoms with van der Waals surface area (Å²) in [6.07, 6.45) is 1.27. The molecule has 0 saturated carbocycles. The SMILES string of the molecule is O=S(=O)(c1ccc(Cl)c(N(O)O)c1)n1cc(CO)c2cccc(Cl)c21. The third-order valence-electron chi connectivity index (χ3n) is 3.69. The first-order chi connectivity index (χ1) is 11.8. The number of fused-ring (bicyclic) bond motifs is 1. The number of aromatic nitrogens is 1. The minimum absolute atomic E-state index is 0.0459. The van der Waals surface area contributed by atoms with Gasteiger partial charge < -0.3 is 5.11 Å². The largest absolute Gasteiger partial charge is 0.392 e. The third-order valence-corrected chi connectivity index (χ3v) is 5.97. The van der Waals surface area contributed by atoms with E-state index in [1.807, 2.05) is 0 Å². The summed E-state index contributed by atoms with van der Waals surface area (Å²) in [5.74, 6) is 0. The Labute approximate surface area is 152 Å². The van der Waals surface area contributed by atoms with E-state index in [0.29, 0.717) is 10.9 Å². The molecule has 0 amide bonds. The van der Waals surface area contributed by atoms with Crippen LogP contribution in [0.2, 0.25) is 10.0 Å². The van der Waals surface area contributed by atoms with Crippen LogP contribution in [0.5, 0.6) is 0 Å². The lowest BCUT2D eigenvalue weighted by molar-refractivity contribution is 0.0291. The molecule has 10 heteroatoms. The van der Waals surface area contributed by atoms with Crippen LogP contribution in [-0.4, -0.2) is 27.9 Å². The molecular formula is C15H12Cl2N2O5S. The molecule has 0 unspecified atom stereocenters. The van der Waals surface area contributed by atoms with Crippen molar-refractivity contribution in [3.8, 4) is 0 Å². The first-order valence-corrected chi connectivity index (χ1v) is 9.09. The van der Waals surface area contributed by atoms with Crippen molar-refractivity contribution < 1.29 is 23.9 Å². The summed E-state index contributed by atoms with van der Waals surface area (Å²) in [5.41, 5.74) is 0.309. The van der Waals surface area contributed by atoms with Crippen molar-refractivity contribution in [3.63, 3.8) is 0 Å². The highest BCUT2D eigenvalue weighted by atomic mass is 35.5. The van der Waals surface area contributed by atoms with Crippen LogP contribution in [0.3, 0.4) is 0 Å². The molecule has 3 rings (SSSR count). The highest BCUT2D eigenvalue weighted by molar-refractivity contribution is 7.90. The van der Waals surface area contributed by atoms with Crippen molar-refractivity contribution in [2.45, 2.75) is 11.5 Å². The average molecular weight is 403 g/mol. The Kier molecular flexibility index (Phi) is 4.67. The number of benzene rings is 2. The number of hydrogen-bond acceptors (Lipinski definition) is 6. The maximum Gasteiger partial charge on any atom is 0.268 e. The quantitative estimate of drug-likeness (QED) is 0.578. The minimum atomic E-state index is -4.14. The van der Waals surface area contributed by atoms with Gasteiger partial charge in [-0.2, -0.15) is 0 Å². The highest BCUT2D eigenvalue weighted by Gasteiger charge is 2.24. The Balaban J connectivity index is 2.29. The van der Waals surface area contributed by atoms with Gasteiger partial charge in [-0.3, -0.25) is 10.4 Å². The highest BCUT2D eigenvalue weighted by Crippen LogP contribution is 2.33. The molecule has 3 N–H and O–H groups in total. The van der Waals surface area contributed by atoms with E-state index in [0.717, 1.165) is 10.0 Å². The summed E-state index contributed by atoms with van der Waals surface area (Å²) in [7, 11) is -4.14. The normalized spacial score (nSPS) is 11.9. The van der Waals surface area contributed by atoms with E-state index in [-0.39, 0.29) is 38.0 Å². The monoisotopic (exact) mass is 402 g/mol. The molecule has 0 fully saturated rings. The minimum Gasteiger partial charge on any atom is -0.392 e. The lowest BCUT2D eigenvalue weighted by Gasteiger charge is -2.13. The van der Waals surface area contributed by atoms with Gasteiger partial charge in [0.05, 0.1) is 27.1 Å². The molecule has 7 nitrogen and oxygen atoms in total. The Hall–Kier alpha value is -1.81. The summed E-state index contributed by atoms with van der Waals surface area (Å²) < 4.78 is 27.0. The number of para-hydroxylation sites is 1. The zero-order chi connectivity index (χ0) is 18.4. The van der Waals surface area contributed by atoms with Gasteiger partial charge in [-0.15, -0.1) is 5.23 Å². The Bertz CT molecular complexity index is 1060. The molecular weight excluding hydrogens is 391 g/mol. The van der Waals surface area contributed by atoms with Crippen molar-refractivity contribution in [2.24, 2.45) is 0 Å². The van der Waals surface area contributed by atoms with Gasteiger partial charge in [0.2, 0.25) is 0 Å². The topological polar surface area (TPSA) is 103 Å². The van der Waals surface area contributed by atoms with Crippen molar-refractivity contribution >= 4 is 49.8 Å². The predicted molar refractivity (Wildman–Crippen MR) is 93.0 cm³/mol. The van der Waals surface area contributed by atoms with Crippen molar-refractivity contribution in [1.29, 1.82) is 0 Å². The van der Waals surface area contributed by atoms with E-state index in [1.54, 1.807) is 12.1 Å². The van der Waals surface area contributed by atoms with Crippen LogP contribution in [0, 0.1) is 0 Å². The second-order valence-electron chi connectivity index (χ2n) is 5.15. The maximum absolute atomic E-state index is 13.0. The fourth-order valence-corrected chi connectivity index (χ4v) is 4.45. The van der Waals surface area contributed by atoms with E-state index in [1.165, 1.54) is 24.4 Å². The van der Waals surface area contributed by atoms with Crippen LogP contribution < -0.4 is 5.23 Å². The number of hydrogen-bond donors (Lipinski definition) is 3. The third kappa shape index (κ3) is 2.97. The molecule has 0 bridgehead atoms. The maximum atomic E-state index is 13.0. The Morgan fingerprint density at radius 1 is 1.08 bits per heavy atom. The second kappa shape index (κ2) is 6.49. The number of aliphatic hydroxyl groups is 1. The molecule has 0 aliphatic rings. The van der Waals surface area contributed by atoms with Crippen LogP contribution in [0.1, 0.15) is 5.56 Å². The molecule has 132 valence electrons. The van der Waals surface area contributed by atoms with Gasteiger partial charge in [0.25, 0.3) is 10.0 Å². The molecule has 1 heterocycles. The van der Waals surface area contributed by atoms with Gasteiger partial charge >= 0.3 is 0 Å². The van der Waals surface area contributed by atoms with Gasteiger partial charge in [-0.25, -0.2) is 12.4 Å². The fourth-order valence-electron chi connectivity index (χ4n) is 2.51. The van der Waals surface area contributed by atoms with Crippen molar-refractivity contribution in [2.75, 3.05) is 5.23 Å². The summed E-state index contributed by atoms with van der Waals surface area (Å²) in [6, 6.07) is 8.30. The first-order valence-electron chi connectivity index (χ1n) is 6.89. The molecule has 1 aromatic heterocycles. The lowest BCUT2D eigenvalue weighted by Crippen LogP contribution is -2.15. The molecule has 25 heavy (non-hydrogen) atoms. The standard InChI is InChI=1S/C15H12Cl2N2O5S/c16-12-5-4-10(6-14(12)19(21)22)25(23,24)18-7-9(8-20)11-2-1-3-13(17)15(11)18/h1-7,20-22H,8H2. The number of rotatable bonds is 4. The van der Waals surface area contributed by atoms with Crippen LogP contribution >= 0.6 is 23.2 Å². The van der Waals surface area contributed by atoms with Gasteiger partial charge in [0.15, 0.2) is 0 Å². The lowest BCUT2D eigenvalue weighted by atomic mass is 10.2. The summed E-state index contributed by atoms with van der Waals surface area (Å²) >= 11 is 12.0. The second-order valence-corrected chi connectivity index (χ2v) is 7.78. The fraction of sp³-hybridized carbons (Fsp3) is 0.0667. The van der Waals surface area contributed by atoms with E-state index in [2.05, 4.69) is 0 Å². The van der Waals surface area contributed by atoms with Crippen LogP contribution in [-0.2, 0) is 16.6 Å². The Morgan fingerprint density at radius 3 is 2.44 bits per heavy atom. The number of anilines is 1. The number of aliphatic hydroxyl groups excluding tert-OH is 1. The molecule has 0 spiro atoms. The van der Waals surface area contributed by atoms with E-state index in [9.17, 15) is 23.9 Å². The molecule has 3 aromatic rings. The summed E-state index contributed by atoms with van der Waals surface area (Å²) in [5, 5.41) is 28.2. The predicted octanol–water partition coefficient (Wildman–Crippen LogP) is 3.26. The van der Waals surface area contributed by atoms with Crippen LogP contribution in [0.4, 0.5) is 5.69 Å². The average Bonchev–Trinajstić information content (AvgIpc) is 2.95. The molecule has 0 aliphatic carbocycles. The van der Waals surface area contributed by atoms with Crippen molar-refractivity contribution in [1.82, 2.24) is 3.97 Å². The number of nitrogens with zero attached hydrogens (tertiary/aromatic N) is 2.